The summed E-state index contributed by atoms with van der Waals surface area (Å²) in [5.41, 5.74) is 0. The van der Waals surface area contributed by atoms with Gasteiger partial charge >= 0.3 is 0 Å². The van der Waals surface area contributed by atoms with E-state index in [9.17, 15) is 8.42 Å². The van der Waals surface area contributed by atoms with Gasteiger partial charge < -0.3 is 0 Å². The van der Waals surface area contributed by atoms with Gasteiger partial charge in [0.2, 0.25) is 10.0 Å². The molecule has 2 rings (SSSR count). The van der Waals surface area contributed by atoms with Crippen molar-refractivity contribution < 1.29 is 8.42 Å². The number of sulfonamides is 1. The van der Waals surface area contributed by atoms with E-state index in [1.807, 2.05) is 44.2 Å². The SMILES string of the molecule is CC(CBr)C(C)NS(=O)(=O)c1cccc2ccccc12. The van der Waals surface area contributed by atoms with Crippen molar-refractivity contribution in [2.24, 2.45) is 5.92 Å². The molecule has 2 aromatic carbocycles. The fourth-order valence-corrected chi connectivity index (χ4v) is 4.13. The van der Waals surface area contributed by atoms with Gasteiger partial charge in [0.05, 0.1) is 4.90 Å². The Morgan fingerprint density at radius 1 is 1.10 bits per heavy atom. The average molecular weight is 356 g/mol. The van der Waals surface area contributed by atoms with Crippen molar-refractivity contribution in [3.05, 3.63) is 42.5 Å². The minimum Gasteiger partial charge on any atom is -0.208 e. The highest BCUT2D eigenvalue weighted by Gasteiger charge is 2.22. The monoisotopic (exact) mass is 355 g/mol. The second-order valence-corrected chi connectivity index (χ2v) is 7.35. The summed E-state index contributed by atoms with van der Waals surface area (Å²) in [5, 5.41) is 2.43. The predicted octanol–water partition coefficient (Wildman–Crippen LogP) is 3.54. The van der Waals surface area contributed by atoms with Crippen LogP contribution in [0.5, 0.6) is 0 Å². The van der Waals surface area contributed by atoms with E-state index in [0.717, 1.165) is 16.1 Å². The van der Waals surface area contributed by atoms with Crippen LogP contribution in [0.1, 0.15) is 13.8 Å². The van der Waals surface area contributed by atoms with E-state index in [-0.39, 0.29) is 12.0 Å². The van der Waals surface area contributed by atoms with Crippen molar-refractivity contribution in [1.82, 2.24) is 4.72 Å². The lowest BCUT2D eigenvalue weighted by Crippen LogP contribution is -2.37. The van der Waals surface area contributed by atoms with Crippen molar-refractivity contribution in [2.45, 2.75) is 24.8 Å². The number of fused-ring (bicyclic) bond motifs is 1. The van der Waals surface area contributed by atoms with Crippen molar-refractivity contribution >= 4 is 36.7 Å². The lowest BCUT2D eigenvalue weighted by atomic mass is 10.1. The highest BCUT2D eigenvalue weighted by Crippen LogP contribution is 2.23. The first-order chi connectivity index (χ1) is 9.45. The first-order valence-electron chi connectivity index (χ1n) is 6.52. The molecule has 0 saturated carbocycles. The first kappa shape index (κ1) is 15.5. The Hall–Kier alpha value is -0.910. The van der Waals surface area contributed by atoms with E-state index in [1.54, 1.807) is 12.1 Å². The molecule has 0 spiro atoms. The molecule has 0 saturated heterocycles. The summed E-state index contributed by atoms with van der Waals surface area (Å²) in [6, 6.07) is 12.7. The molecule has 2 atom stereocenters. The number of rotatable bonds is 5. The number of halogens is 1. The van der Waals surface area contributed by atoms with Crippen molar-refractivity contribution in [3.63, 3.8) is 0 Å². The molecule has 0 fully saturated rings. The summed E-state index contributed by atoms with van der Waals surface area (Å²) in [6.45, 7) is 3.89. The minimum absolute atomic E-state index is 0.127. The molecular weight excluding hydrogens is 338 g/mol. The van der Waals surface area contributed by atoms with Crippen LogP contribution >= 0.6 is 15.9 Å². The third-order valence-corrected chi connectivity index (χ3v) is 6.12. The van der Waals surface area contributed by atoms with Gasteiger partial charge in [-0.05, 0) is 24.3 Å². The number of alkyl halides is 1. The van der Waals surface area contributed by atoms with Crippen LogP contribution in [-0.4, -0.2) is 19.8 Å². The Morgan fingerprint density at radius 2 is 1.75 bits per heavy atom. The van der Waals surface area contributed by atoms with Crippen molar-refractivity contribution in [1.29, 1.82) is 0 Å². The molecule has 20 heavy (non-hydrogen) atoms. The molecule has 5 heteroatoms. The molecule has 3 nitrogen and oxygen atoms in total. The molecule has 0 aromatic heterocycles. The van der Waals surface area contributed by atoms with E-state index < -0.39 is 10.0 Å². The van der Waals surface area contributed by atoms with E-state index in [4.69, 9.17) is 0 Å². The molecule has 0 amide bonds. The molecular formula is C15H18BrNO2S. The number of hydrogen-bond donors (Lipinski definition) is 1. The normalized spacial score (nSPS) is 15.2. The van der Waals surface area contributed by atoms with Crippen LogP contribution in [-0.2, 0) is 10.0 Å². The third kappa shape index (κ3) is 3.22. The van der Waals surface area contributed by atoms with Gasteiger partial charge in [0.25, 0.3) is 0 Å². The van der Waals surface area contributed by atoms with Gasteiger partial charge in [0, 0.05) is 16.8 Å². The lowest BCUT2D eigenvalue weighted by molar-refractivity contribution is 0.484. The predicted molar refractivity (Wildman–Crippen MR) is 86.7 cm³/mol. The summed E-state index contributed by atoms with van der Waals surface area (Å²) in [4.78, 5) is 0.337. The molecule has 0 aliphatic heterocycles. The summed E-state index contributed by atoms with van der Waals surface area (Å²) >= 11 is 3.38. The molecule has 2 unspecified atom stereocenters. The van der Waals surface area contributed by atoms with Crippen LogP contribution in [0.2, 0.25) is 0 Å². The van der Waals surface area contributed by atoms with E-state index in [2.05, 4.69) is 20.7 Å². The second-order valence-electron chi connectivity index (χ2n) is 5.02. The van der Waals surface area contributed by atoms with Gasteiger partial charge in [0.1, 0.15) is 0 Å². The largest absolute Gasteiger partial charge is 0.241 e. The Balaban J connectivity index is 2.42. The Kier molecular flexibility index (Phi) is 4.83. The lowest BCUT2D eigenvalue weighted by Gasteiger charge is -2.19. The smallest absolute Gasteiger partial charge is 0.208 e. The highest BCUT2D eigenvalue weighted by atomic mass is 79.9. The quantitative estimate of drug-likeness (QED) is 0.833. The summed E-state index contributed by atoms with van der Waals surface area (Å²) in [5.74, 6) is 0.222. The maximum Gasteiger partial charge on any atom is 0.241 e. The molecule has 108 valence electrons. The van der Waals surface area contributed by atoms with Crippen molar-refractivity contribution in [2.75, 3.05) is 5.33 Å². The van der Waals surface area contributed by atoms with Crippen molar-refractivity contribution in [3.8, 4) is 0 Å². The minimum atomic E-state index is -3.51. The Labute approximate surface area is 128 Å². The van der Waals surface area contributed by atoms with Gasteiger partial charge in [-0.15, -0.1) is 0 Å². The van der Waals surface area contributed by atoms with Crippen LogP contribution in [0.25, 0.3) is 10.8 Å². The number of nitrogens with one attached hydrogen (secondary N) is 1. The van der Waals surface area contributed by atoms with E-state index in [1.165, 1.54) is 0 Å². The maximum atomic E-state index is 12.6. The molecule has 2 aromatic rings. The van der Waals surface area contributed by atoms with Crippen LogP contribution in [0.4, 0.5) is 0 Å². The number of benzene rings is 2. The molecule has 0 aliphatic carbocycles. The van der Waals surface area contributed by atoms with Gasteiger partial charge in [-0.1, -0.05) is 59.3 Å². The molecule has 1 N–H and O–H groups in total. The zero-order valence-corrected chi connectivity index (χ0v) is 13.9. The van der Waals surface area contributed by atoms with Crippen LogP contribution < -0.4 is 4.72 Å². The Morgan fingerprint density at radius 3 is 2.45 bits per heavy atom. The van der Waals surface area contributed by atoms with Gasteiger partial charge in [0.15, 0.2) is 0 Å². The third-order valence-electron chi connectivity index (χ3n) is 3.48. The summed E-state index contributed by atoms with van der Waals surface area (Å²) in [6.07, 6.45) is 0. The second kappa shape index (κ2) is 6.24. The molecule has 0 radical (unpaired) electrons. The molecule has 0 bridgehead atoms. The van der Waals surface area contributed by atoms with Crippen LogP contribution in [0, 0.1) is 5.92 Å². The van der Waals surface area contributed by atoms with Crippen LogP contribution in [0.3, 0.4) is 0 Å². The highest BCUT2D eigenvalue weighted by molar-refractivity contribution is 9.09. The summed E-state index contributed by atoms with van der Waals surface area (Å²) < 4.78 is 27.9. The molecule has 0 aliphatic rings. The fraction of sp³-hybridized carbons (Fsp3) is 0.333. The van der Waals surface area contributed by atoms with E-state index in [0.29, 0.717) is 4.90 Å². The Bertz CT molecular complexity index is 695. The first-order valence-corrected chi connectivity index (χ1v) is 9.12. The molecule has 0 heterocycles. The fourth-order valence-electron chi connectivity index (χ4n) is 1.99. The van der Waals surface area contributed by atoms with E-state index >= 15 is 0 Å². The average Bonchev–Trinajstić information content (AvgIpc) is 2.45. The summed E-state index contributed by atoms with van der Waals surface area (Å²) in [7, 11) is -3.51. The maximum absolute atomic E-state index is 12.6. The van der Waals surface area contributed by atoms with Crippen LogP contribution in [0.15, 0.2) is 47.4 Å². The van der Waals surface area contributed by atoms with Gasteiger partial charge in [-0.3, -0.25) is 0 Å². The zero-order chi connectivity index (χ0) is 14.8. The zero-order valence-electron chi connectivity index (χ0n) is 11.5. The topological polar surface area (TPSA) is 46.2 Å². The standard InChI is InChI=1S/C15H18BrNO2S/c1-11(10-16)12(2)17-20(18,19)15-9-5-7-13-6-3-4-8-14(13)15/h3-9,11-12,17H,10H2,1-2H3. The van der Waals surface area contributed by atoms with Gasteiger partial charge in [-0.25, -0.2) is 13.1 Å². The number of hydrogen-bond acceptors (Lipinski definition) is 2. The van der Waals surface area contributed by atoms with Gasteiger partial charge in [-0.2, -0.15) is 0 Å².